The predicted octanol–water partition coefficient (Wildman–Crippen LogP) is 3.30. The molecule has 1 N–H and O–H groups in total. The molecule has 0 spiro atoms. The van der Waals surface area contributed by atoms with Crippen LogP contribution in [-0.4, -0.2) is 24.1 Å². The Morgan fingerprint density at radius 3 is 2.79 bits per heavy atom. The third-order valence-electron chi connectivity index (χ3n) is 3.11. The molecule has 2 unspecified atom stereocenters. The summed E-state index contributed by atoms with van der Waals surface area (Å²) < 4.78 is 0. The maximum absolute atomic E-state index is 3.63. The van der Waals surface area contributed by atoms with E-state index in [2.05, 4.69) is 30.9 Å². The lowest BCUT2D eigenvalue weighted by molar-refractivity contribution is 0.400. The minimum Gasteiger partial charge on any atom is -0.314 e. The van der Waals surface area contributed by atoms with Crippen molar-refractivity contribution in [1.29, 1.82) is 0 Å². The maximum Gasteiger partial charge on any atom is 0.00955 e. The topological polar surface area (TPSA) is 12.0 Å². The minimum absolute atomic E-state index is 0.835. The molecule has 1 rings (SSSR count). The van der Waals surface area contributed by atoms with E-state index < -0.39 is 0 Å². The van der Waals surface area contributed by atoms with Gasteiger partial charge >= 0.3 is 0 Å². The Morgan fingerprint density at radius 1 is 1.21 bits per heavy atom. The van der Waals surface area contributed by atoms with Gasteiger partial charge < -0.3 is 5.32 Å². The number of hydrogen-bond donors (Lipinski definition) is 1. The number of hydrogen-bond acceptors (Lipinski definition) is 2. The van der Waals surface area contributed by atoms with E-state index in [9.17, 15) is 0 Å². The molecule has 0 aromatic heterocycles. The smallest absolute Gasteiger partial charge is 0.00955 e. The molecule has 0 aromatic rings. The van der Waals surface area contributed by atoms with Crippen molar-refractivity contribution >= 4 is 11.8 Å². The van der Waals surface area contributed by atoms with Crippen LogP contribution < -0.4 is 5.32 Å². The lowest BCUT2D eigenvalue weighted by Gasteiger charge is -2.19. The normalized spacial score (nSPS) is 27.0. The summed E-state index contributed by atoms with van der Waals surface area (Å²) in [5.41, 5.74) is 0. The fraction of sp³-hybridized carbons (Fsp3) is 1.00. The molecule has 0 saturated heterocycles. The van der Waals surface area contributed by atoms with Gasteiger partial charge in [-0.25, -0.2) is 0 Å². The van der Waals surface area contributed by atoms with Crippen LogP contribution >= 0.6 is 11.8 Å². The lowest BCUT2D eigenvalue weighted by atomic mass is 10.0. The van der Waals surface area contributed by atoms with Gasteiger partial charge in [0.25, 0.3) is 0 Å². The van der Waals surface area contributed by atoms with Gasteiger partial charge in [-0.15, -0.1) is 0 Å². The SMILES string of the molecule is CCCSCCC1CCCC1NCC. The molecule has 0 radical (unpaired) electrons. The second-order valence-corrected chi connectivity index (χ2v) is 5.48. The zero-order valence-electron chi connectivity index (χ0n) is 9.72. The van der Waals surface area contributed by atoms with Gasteiger partial charge in [0, 0.05) is 6.04 Å². The van der Waals surface area contributed by atoms with Gasteiger partial charge in [-0.05, 0) is 49.7 Å². The van der Waals surface area contributed by atoms with Gasteiger partial charge in [-0.1, -0.05) is 20.3 Å². The number of rotatable bonds is 7. The molecule has 0 aliphatic heterocycles. The van der Waals surface area contributed by atoms with E-state index in [4.69, 9.17) is 0 Å². The summed E-state index contributed by atoms with van der Waals surface area (Å²) in [6.45, 7) is 5.63. The summed E-state index contributed by atoms with van der Waals surface area (Å²) in [7, 11) is 0. The second kappa shape index (κ2) is 7.58. The summed E-state index contributed by atoms with van der Waals surface area (Å²) in [5.74, 6) is 3.69. The average Bonchev–Trinajstić information content (AvgIpc) is 2.61. The van der Waals surface area contributed by atoms with Crippen LogP contribution in [0.15, 0.2) is 0 Å². The zero-order chi connectivity index (χ0) is 10.2. The van der Waals surface area contributed by atoms with Gasteiger partial charge in [-0.3, -0.25) is 0 Å². The van der Waals surface area contributed by atoms with Crippen LogP contribution in [0.25, 0.3) is 0 Å². The molecule has 2 atom stereocenters. The van der Waals surface area contributed by atoms with Crippen LogP contribution in [0.3, 0.4) is 0 Å². The Kier molecular flexibility index (Phi) is 6.70. The highest BCUT2D eigenvalue weighted by molar-refractivity contribution is 7.99. The maximum atomic E-state index is 3.63. The van der Waals surface area contributed by atoms with E-state index in [1.807, 2.05) is 0 Å². The van der Waals surface area contributed by atoms with E-state index in [-0.39, 0.29) is 0 Å². The molecule has 84 valence electrons. The summed E-state index contributed by atoms with van der Waals surface area (Å²) in [6, 6.07) is 0.835. The van der Waals surface area contributed by atoms with Crippen LogP contribution in [0.5, 0.6) is 0 Å². The molecule has 14 heavy (non-hydrogen) atoms. The van der Waals surface area contributed by atoms with E-state index >= 15 is 0 Å². The predicted molar refractivity (Wildman–Crippen MR) is 67.0 cm³/mol. The van der Waals surface area contributed by atoms with Gasteiger partial charge in [0.05, 0.1) is 0 Å². The zero-order valence-corrected chi connectivity index (χ0v) is 10.5. The average molecular weight is 215 g/mol. The Bertz CT molecular complexity index is 138. The van der Waals surface area contributed by atoms with E-state index in [1.54, 1.807) is 0 Å². The summed E-state index contributed by atoms with van der Waals surface area (Å²) in [5, 5.41) is 3.63. The summed E-state index contributed by atoms with van der Waals surface area (Å²) in [4.78, 5) is 0. The molecular weight excluding hydrogens is 190 g/mol. The molecule has 0 heterocycles. The fourth-order valence-electron chi connectivity index (χ4n) is 2.39. The van der Waals surface area contributed by atoms with Crippen molar-refractivity contribution in [1.82, 2.24) is 5.32 Å². The molecular formula is C12H25NS. The first-order valence-electron chi connectivity index (χ1n) is 6.19. The Balaban J connectivity index is 2.09. The van der Waals surface area contributed by atoms with Crippen molar-refractivity contribution < 1.29 is 0 Å². The van der Waals surface area contributed by atoms with Gasteiger partial charge in [0.15, 0.2) is 0 Å². The van der Waals surface area contributed by atoms with Crippen molar-refractivity contribution in [3.63, 3.8) is 0 Å². The fourth-order valence-corrected chi connectivity index (χ4v) is 3.36. The first-order chi connectivity index (χ1) is 6.88. The molecule has 1 aliphatic rings. The largest absolute Gasteiger partial charge is 0.314 e. The third-order valence-corrected chi connectivity index (χ3v) is 4.33. The number of thioether (sulfide) groups is 1. The molecule has 0 amide bonds. The van der Waals surface area contributed by atoms with E-state index in [0.717, 1.165) is 18.5 Å². The molecule has 2 heteroatoms. The minimum atomic E-state index is 0.835. The standard InChI is InChI=1S/C12H25NS/c1-3-9-14-10-8-11-6-5-7-12(11)13-4-2/h11-13H,3-10H2,1-2H3. The first-order valence-corrected chi connectivity index (χ1v) is 7.35. The van der Waals surface area contributed by atoms with Gasteiger partial charge in [-0.2, -0.15) is 11.8 Å². The lowest BCUT2D eigenvalue weighted by Crippen LogP contribution is -2.32. The quantitative estimate of drug-likeness (QED) is 0.654. The van der Waals surface area contributed by atoms with Crippen LogP contribution in [0.2, 0.25) is 0 Å². The van der Waals surface area contributed by atoms with Crippen molar-refractivity contribution in [2.24, 2.45) is 5.92 Å². The summed E-state index contributed by atoms with van der Waals surface area (Å²) in [6.07, 6.45) is 7.08. The Morgan fingerprint density at radius 2 is 2.07 bits per heavy atom. The molecule has 0 bridgehead atoms. The molecule has 1 fully saturated rings. The monoisotopic (exact) mass is 215 g/mol. The van der Waals surface area contributed by atoms with Crippen LogP contribution in [-0.2, 0) is 0 Å². The number of nitrogens with one attached hydrogen (secondary N) is 1. The molecule has 1 nitrogen and oxygen atoms in total. The summed E-state index contributed by atoms with van der Waals surface area (Å²) >= 11 is 2.13. The van der Waals surface area contributed by atoms with E-state index in [0.29, 0.717) is 0 Å². The van der Waals surface area contributed by atoms with Gasteiger partial charge in [0.1, 0.15) is 0 Å². The Labute approximate surface area is 93.4 Å². The van der Waals surface area contributed by atoms with Crippen molar-refractivity contribution in [3.8, 4) is 0 Å². The highest BCUT2D eigenvalue weighted by Crippen LogP contribution is 2.29. The van der Waals surface area contributed by atoms with E-state index in [1.165, 1.54) is 43.6 Å². The highest BCUT2D eigenvalue weighted by Gasteiger charge is 2.25. The van der Waals surface area contributed by atoms with Crippen molar-refractivity contribution in [2.45, 2.75) is 52.0 Å². The highest BCUT2D eigenvalue weighted by atomic mass is 32.2. The van der Waals surface area contributed by atoms with Crippen LogP contribution in [0, 0.1) is 5.92 Å². The first kappa shape index (κ1) is 12.4. The third kappa shape index (κ3) is 4.22. The van der Waals surface area contributed by atoms with Crippen molar-refractivity contribution in [2.75, 3.05) is 18.1 Å². The second-order valence-electron chi connectivity index (χ2n) is 4.26. The molecule has 1 aliphatic carbocycles. The Hall–Kier alpha value is 0.310. The van der Waals surface area contributed by atoms with Crippen LogP contribution in [0.1, 0.15) is 46.0 Å². The molecule has 0 aromatic carbocycles. The van der Waals surface area contributed by atoms with Crippen molar-refractivity contribution in [3.05, 3.63) is 0 Å². The van der Waals surface area contributed by atoms with Crippen LogP contribution in [0.4, 0.5) is 0 Å². The van der Waals surface area contributed by atoms with Gasteiger partial charge in [0.2, 0.25) is 0 Å². The molecule has 1 saturated carbocycles.